The van der Waals surface area contributed by atoms with Crippen molar-refractivity contribution in [3.8, 4) is 0 Å². The average Bonchev–Trinajstić information content (AvgIpc) is 2.58. The minimum absolute atomic E-state index is 0.0882. The van der Waals surface area contributed by atoms with Crippen molar-refractivity contribution in [2.75, 3.05) is 17.2 Å². The Labute approximate surface area is 113 Å². The number of hydrogen-bond donors (Lipinski definition) is 0. The highest BCUT2D eigenvalue weighted by Crippen LogP contribution is 2.25. The monoisotopic (exact) mass is 309 g/mol. The van der Waals surface area contributed by atoms with Gasteiger partial charge in [0, 0.05) is 29.6 Å². The number of amides is 1. The normalized spacial score (nSPS) is 20.4. The molecule has 98 valence electrons. The zero-order valence-corrected chi connectivity index (χ0v) is 11.4. The van der Waals surface area contributed by atoms with Crippen LogP contribution in [0.3, 0.4) is 0 Å². The van der Waals surface area contributed by atoms with Crippen LogP contribution in [0, 0.1) is 5.92 Å². The van der Waals surface area contributed by atoms with E-state index in [1.54, 1.807) is 0 Å². The number of halogens is 2. The van der Waals surface area contributed by atoms with Crippen LogP contribution in [0.5, 0.6) is 0 Å². The van der Waals surface area contributed by atoms with E-state index in [9.17, 15) is 13.2 Å². The lowest BCUT2D eigenvalue weighted by Crippen LogP contribution is -2.25. The van der Waals surface area contributed by atoms with Crippen molar-refractivity contribution in [3.63, 3.8) is 0 Å². The van der Waals surface area contributed by atoms with Crippen LogP contribution in [0.4, 0.5) is 5.69 Å². The summed E-state index contributed by atoms with van der Waals surface area (Å²) in [6, 6.07) is 0. The summed E-state index contributed by atoms with van der Waals surface area (Å²) in [4.78, 5) is 20.7. The van der Waals surface area contributed by atoms with Gasteiger partial charge in [0.1, 0.15) is 0 Å². The first-order chi connectivity index (χ1) is 8.35. The number of anilines is 1. The van der Waals surface area contributed by atoms with Crippen LogP contribution in [0.1, 0.15) is 6.42 Å². The third kappa shape index (κ3) is 3.30. The van der Waals surface area contributed by atoms with E-state index in [1.165, 1.54) is 17.3 Å². The summed E-state index contributed by atoms with van der Waals surface area (Å²) < 4.78 is 22.0. The predicted molar refractivity (Wildman–Crippen MR) is 67.1 cm³/mol. The maximum absolute atomic E-state index is 11.8. The van der Waals surface area contributed by atoms with Gasteiger partial charge < -0.3 is 4.90 Å². The Morgan fingerprint density at radius 2 is 2.00 bits per heavy atom. The van der Waals surface area contributed by atoms with Gasteiger partial charge in [0.2, 0.25) is 20.2 Å². The van der Waals surface area contributed by atoms with E-state index in [-0.39, 0.29) is 35.8 Å². The Kier molecular flexibility index (Phi) is 3.74. The molecule has 1 aliphatic rings. The van der Waals surface area contributed by atoms with Crippen molar-refractivity contribution in [3.05, 3.63) is 17.7 Å². The molecule has 0 bridgehead atoms. The Balaban J connectivity index is 2.12. The molecule has 0 N–H and O–H groups in total. The molecule has 1 unspecified atom stereocenters. The fourth-order valence-corrected chi connectivity index (χ4v) is 3.29. The summed E-state index contributed by atoms with van der Waals surface area (Å²) in [7, 11) is 1.57. The Morgan fingerprint density at radius 3 is 2.56 bits per heavy atom. The second kappa shape index (κ2) is 4.99. The van der Waals surface area contributed by atoms with Gasteiger partial charge in [-0.2, -0.15) is 0 Å². The summed E-state index contributed by atoms with van der Waals surface area (Å²) >= 11 is 5.55. The maximum atomic E-state index is 11.8. The van der Waals surface area contributed by atoms with E-state index < -0.39 is 9.05 Å². The number of carbonyl (C=O) groups excluding carboxylic acids is 1. The van der Waals surface area contributed by atoms with Crippen molar-refractivity contribution in [1.82, 2.24) is 9.97 Å². The van der Waals surface area contributed by atoms with Gasteiger partial charge in [0.15, 0.2) is 0 Å². The van der Waals surface area contributed by atoms with Crippen molar-refractivity contribution in [2.24, 2.45) is 5.92 Å². The molecular weight excluding hydrogens is 301 g/mol. The van der Waals surface area contributed by atoms with Gasteiger partial charge in [-0.15, -0.1) is 0 Å². The van der Waals surface area contributed by atoms with E-state index in [0.29, 0.717) is 5.69 Å². The number of rotatable bonds is 3. The summed E-state index contributed by atoms with van der Waals surface area (Å²) in [6.45, 7) is 0.287. The minimum atomic E-state index is -3.60. The molecule has 18 heavy (non-hydrogen) atoms. The molecule has 1 aromatic rings. The average molecular weight is 310 g/mol. The summed E-state index contributed by atoms with van der Waals surface area (Å²) in [5, 5.41) is 0.0882. The number of hydrogen-bond acceptors (Lipinski definition) is 5. The molecule has 9 heteroatoms. The molecule has 6 nitrogen and oxygen atoms in total. The number of aromatic nitrogens is 2. The SMILES string of the molecule is O=C1CC(CS(=O)(=O)Cl)CN1c1cnc(Cl)nc1. The van der Waals surface area contributed by atoms with Crippen LogP contribution in [-0.2, 0) is 13.8 Å². The topological polar surface area (TPSA) is 80.2 Å². The van der Waals surface area contributed by atoms with Crippen LogP contribution < -0.4 is 4.90 Å². The number of carbonyl (C=O) groups is 1. The highest BCUT2D eigenvalue weighted by Gasteiger charge is 2.33. The van der Waals surface area contributed by atoms with Gasteiger partial charge >= 0.3 is 0 Å². The lowest BCUT2D eigenvalue weighted by molar-refractivity contribution is -0.117. The zero-order chi connectivity index (χ0) is 13.3. The lowest BCUT2D eigenvalue weighted by atomic mass is 10.1. The first-order valence-electron chi connectivity index (χ1n) is 5.05. The van der Waals surface area contributed by atoms with Gasteiger partial charge in [-0.05, 0) is 11.6 Å². The van der Waals surface area contributed by atoms with Gasteiger partial charge in [-0.1, -0.05) is 0 Å². The summed E-state index contributed by atoms with van der Waals surface area (Å²) in [5.74, 6) is -0.701. The second-order valence-corrected chi connectivity index (χ2v) is 7.15. The van der Waals surface area contributed by atoms with Crippen molar-refractivity contribution < 1.29 is 13.2 Å². The zero-order valence-electron chi connectivity index (χ0n) is 9.08. The van der Waals surface area contributed by atoms with E-state index in [2.05, 4.69) is 9.97 Å². The number of nitrogens with zero attached hydrogens (tertiary/aromatic N) is 3. The molecule has 0 spiro atoms. The van der Waals surface area contributed by atoms with Crippen LogP contribution in [0.15, 0.2) is 12.4 Å². The molecule has 1 atom stereocenters. The molecule has 1 aliphatic heterocycles. The molecular formula is C9H9Cl2N3O3S. The van der Waals surface area contributed by atoms with Gasteiger partial charge in [-0.3, -0.25) is 4.79 Å². The second-order valence-electron chi connectivity index (χ2n) is 3.99. The summed E-state index contributed by atoms with van der Waals surface area (Å²) in [5.41, 5.74) is 0.499. The Morgan fingerprint density at radius 1 is 1.39 bits per heavy atom. The van der Waals surface area contributed by atoms with Crippen molar-refractivity contribution in [1.29, 1.82) is 0 Å². The van der Waals surface area contributed by atoms with Crippen LogP contribution in [0.2, 0.25) is 5.28 Å². The molecule has 1 fully saturated rings. The molecule has 0 aromatic carbocycles. The first kappa shape index (κ1) is 13.5. The largest absolute Gasteiger partial charge is 0.309 e. The lowest BCUT2D eigenvalue weighted by Gasteiger charge is -2.15. The fourth-order valence-electron chi connectivity index (χ4n) is 1.87. The van der Waals surface area contributed by atoms with E-state index in [0.717, 1.165) is 0 Å². The molecule has 1 amide bonds. The highest BCUT2D eigenvalue weighted by atomic mass is 35.7. The van der Waals surface area contributed by atoms with Crippen LogP contribution >= 0.6 is 22.3 Å². The molecule has 2 rings (SSSR count). The third-order valence-electron chi connectivity index (χ3n) is 2.56. The van der Waals surface area contributed by atoms with Crippen molar-refractivity contribution in [2.45, 2.75) is 6.42 Å². The molecule has 1 aromatic heterocycles. The van der Waals surface area contributed by atoms with Gasteiger partial charge in [0.25, 0.3) is 0 Å². The molecule has 0 saturated carbocycles. The van der Waals surface area contributed by atoms with E-state index in [1.807, 2.05) is 0 Å². The van der Waals surface area contributed by atoms with Crippen LogP contribution in [0.25, 0.3) is 0 Å². The third-order valence-corrected chi connectivity index (χ3v) is 4.00. The Bertz CT molecular complexity index is 561. The predicted octanol–water partition coefficient (Wildman–Crippen LogP) is 1.05. The molecule has 0 radical (unpaired) electrons. The van der Waals surface area contributed by atoms with Gasteiger partial charge in [0.05, 0.1) is 23.8 Å². The van der Waals surface area contributed by atoms with E-state index in [4.69, 9.17) is 22.3 Å². The minimum Gasteiger partial charge on any atom is -0.309 e. The molecule has 1 saturated heterocycles. The smallest absolute Gasteiger partial charge is 0.232 e. The first-order valence-corrected chi connectivity index (χ1v) is 7.91. The fraction of sp³-hybridized carbons (Fsp3) is 0.444. The van der Waals surface area contributed by atoms with Crippen LogP contribution in [-0.4, -0.2) is 36.6 Å². The maximum Gasteiger partial charge on any atom is 0.232 e. The van der Waals surface area contributed by atoms with Gasteiger partial charge in [-0.25, -0.2) is 18.4 Å². The standard InChI is InChI=1S/C9H9Cl2N3O3S/c10-9-12-2-7(3-13-9)14-4-6(1-8(14)15)5-18(11,16)17/h2-3,6H,1,4-5H2. The quantitative estimate of drug-likeness (QED) is 0.616. The highest BCUT2D eigenvalue weighted by molar-refractivity contribution is 8.13. The Hall–Kier alpha value is -0.920. The van der Waals surface area contributed by atoms with E-state index >= 15 is 0 Å². The summed E-state index contributed by atoms with van der Waals surface area (Å²) in [6.07, 6.45) is 2.99. The molecule has 0 aliphatic carbocycles. The van der Waals surface area contributed by atoms with Crippen molar-refractivity contribution >= 4 is 42.9 Å². The molecule has 2 heterocycles.